The molecule has 0 aliphatic carbocycles. The first-order valence-corrected chi connectivity index (χ1v) is 11.8. The van der Waals surface area contributed by atoms with Gasteiger partial charge in [-0.15, -0.1) is 20.4 Å². The average molecular weight is 511 g/mol. The van der Waals surface area contributed by atoms with Crippen LogP contribution in [-0.2, 0) is 25.8 Å². The predicted octanol–water partition coefficient (Wildman–Crippen LogP) is 3.48. The molecule has 11 heteroatoms. The lowest BCUT2D eigenvalue weighted by Gasteiger charge is -2.09. The number of unbranched alkanes of at least 4 members (excludes halogenated alkanes) is 2. The van der Waals surface area contributed by atoms with Gasteiger partial charge in [0.1, 0.15) is 5.82 Å². The quantitative estimate of drug-likeness (QED) is 0.238. The molecule has 5 rings (SSSR count). The van der Waals surface area contributed by atoms with E-state index in [1.807, 2.05) is 34.9 Å². The maximum absolute atomic E-state index is 13.2. The van der Waals surface area contributed by atoms with E-state index in [0.29, 0.717) is 65.1 Å². The van der Waals surface area contributed by atoms with Crippen molar-refractivity contribution in [2.75, 3.05) is 0 Å². The normalized spacial score (nSPS) is 11.7. The van der Waals surface area contributed by atoms with Crippen molar-refractivity contribution in [3.05, 3.63) is 68.6 Å². The van der Waals surface area contributed by atoms with Gasteiger partial charge >= 0.3 is 0 Å². The molecule has 5 aromatic rings. The molecule has 0 aliphatic rings. The van der Waals surface area contributed by atoms with Crippen molar-refractivity contribution in [1.29, 1.82) is 0 Å². The third-order valence-electron chi connectivity index (χ3n) is 5.54. The van der Waals surface area contributed by atoms with Crippen molar-refractivity contribution in [3.63, 3.8) is 0 Å². The Labute approximate surface area is 197 Å². The highest BCUT2D eigenvalue weighted by Gasteiger charge is 2.20. The van der Waals surface area contributed by atoms with Crippen LogP contribution in [0.2, 0.25) is 0 Å². The van der Waals surface area contributed by atoms with Crippen LogP contribution in [0.1, 0.15) is 49.4 Å². The summed E-state index contributed by atoms with van der Waals surface area (Å²) < 4.78 is 9.83. The van der Waals surface area contributed by atoms with Crippen LogP contribution in [-0.4, -0.2) is 39.3 Å². The first-order valence-electron chi connectivity index (χ1n) is 11.0. The fraction of sp³-hybridized carbons (Fsp3) is 0.364. The zero-order valence-corrected chi connectivity index (χ0v) is 19.7. The van der Waals surface area contributed by atoms with Gasteiger partial charge in [0, 0.05) is 19.4 Å². The second-order valence-corrected chi connectivity index (χ2v) is 8.64. The number of nitrogens with one attached hydrogen (secondary N) is 1. The molecule has 33 heavy (non-hydrogen) atoms. The average Bonchev–Trinajstić information content (AvgIpc) is 3.54. The van der Waals surface area contributed by atoms with Gasteiger partial charge in [-0.1, -0.05) is 50.1 Å². The highest BCUT2D eigenvalue weighted by Crippen LogP contribution is 2.17. The van der Waals surface area contributed by atoms with Crippen LogP contribution in [0, 0.1) is 0 Å². The lowest BCUT2D eigenvalue weighted by Crippen LogP contribution is -2.21. The predicted molar refractivity (Wildman–Crippen MR) is 125 cm³/mol. The third-order valence-corrected chi connectivity index (χ3v) is 5.91. The van der Waals surface area contributed by atoms with Gasteiger partial charge in [0.05, 0.1) is 6.42 Å². The lowest BCUT2D eigenvalue weighted by atomic mass is 10.2. The standard InChI is InChI=1S/C22H23BrN8O2/c1-2-3-7-12-30-19-18(24-21(23)25-19)20(32)31-15(26-29-22(30)31)10-11-16-27-28-17(33-16)13-14-8-5-4-6-9-14/h4-6,8-9H,2-3,7,10-13H2,1H3,(H,24,25). The molecular weight excluding hydrogens is 488 g/mol. The number of aryl methyl sites for hydroxylation is 3. The topological polar surface area (TPSA) is 120 Å². The number of aromatic amines is 1. The highest BCUT2D eigenvalue weighted by atomic mass is 79.9. The summed E-state index contributed by atoms with van der Waals surface area (Å²) in [6, 6.07) is 9.97. The summed E-state index contributed by atoms with van der Waals surface area (Å²) in [7, 11) is 0. The molecule has 0 amide bonds. The number of H-pyrrole nitrogens is 1. The van der Waals surface area contributed by atoms with E-state index < -0.39 is 0 Å². The molecule has 0 radical (unpaired) electrons. The van der Waals surface area contributed by atoms with Crippen molar-refractivity contribution in [1.82, 2.24) is 39.3 Å². The summed E-state index contributed by atoms with van der Waals surface area (Å²) in [6.07, 6.45) is 4.62. The van der Waals surface area contributed by atoms with Crippen LogP contribution in [0.15, 0.2) is 44.3 Å². The number of benzene rings is 1. The summed E-state index contributed by atoms with van der Waals surface area (Å²) in [5.41, 5.74) is 1.89. The van der Waals surface area contributed by atoms with Crippen molar-refractivity contribution in [2.45, 2.75) is 52.0 Å². The summed E-state index contributed by atoms with van der Waals surface area (Å²) in [6.45, 7) is 2.86. The highest BCUT2D eigenvalue weighted by molar-refractivity contribution is 9.10. The van der Waals surface area contributed by atoms with Crippen LogP contribution < -0.4 is 5.56 Å². The van der Waals surface area contributed by atoms with Gasteiger partial charge in [0.2, 0.25) is 17.6 Å². The molecular formula is C22H23BrN8O2. The van der Waals surface area contributed by atoms with E-state index in [9.17, 15) is 4.79 Å². The van der Waals surface area contributed by atoms with Gasteiger partial charge in [-0.2, -0.15) is 0 Å². The maximum atomic E-state index is 13.2. The van der Waals surface area contributed by atoms with E-state index in [4.69, 9.17) is 4.42 Å². The molecule has 0 fully saturated rings. The Hall–Kier alpha value is -3.34. The number of rotatable bonds is 9. The molecule has 1 aromatic carbocycles. The Bertz CT molecular complexity index is 1450. The third kappa shape index (κ3) is 4.32. The number of hydrogen-bond acceptors (Lipinski definition) is 7. The molecule has 0 saturated carbocycles. The van der Waals surface area contributed by atoms with Gasteiger partial charge in [-0.3, -0.25) is 9.36 Å². The fourth-order valence-electron chi connectivity index (χ4n) is 3.91. The zero-order chi connectivity index (χ0) is 22.8. The minimum Gasteiger partial charge on any atom is -0.425 e. The summed E-state index contributed by atoms with van der Waals surface area (Å²) in [5.74, 6) is 2.11. The van der Waals surface area contributed by atoms with E-state index in [1.54, 1.807) is 4.40 Å². The van der Waals surface area contributed by atoms with Gasteiger partial charge < -0.3 is 9.40 Å². The fourth-order valence-corrected chi connectivity index (χ4v) is 4.28. The number of aromatic nitrogens is 8. The van der Waals surface area contributed by atoms with Crippen molar-refractivity contribution in [2.24, 2.45) is 0 Å². The smallest absolute Gasteiger partial charge is 0.286 e. The number of halogens is 1. The number of hydrogen-bond donors (Lipinski definition) is 1. The van der Waals surface area contributed by atoms with Gasteiger partial charge in [-0.25, -0.2) is 9.38 Å². The van der Waals surface area contributed by atoms with E-state index in [2.05, 4.69) is 53.2 Å². The molecule has 0 saturated heterocycles. The number of fused-ring (bicyclic) bond motifs is 2. The zero-order valence-electron chi connectivity index (χ0n) is 18.2. The molecule has 0 aliphatic heterocycles. The van der Waals surface area contributed by atoms with Crippen LogP contribution >= 0.6 is 15.9 Å². The van der Waals surface area contributed by atoms with Crippen molar-refractivity contribution < 1.29 is 4.42 Å². The van der Waals surface area contributed by atoms with Crippen molar-refractivity contribution >= 4 is 32.9 Å². The maximum Gasteiger partial charge on any atom is 0.286 e. The first kappa shape index (κ1) is 21.5. The SMILES string of the molecule is CCCCCn1c2nc(Br)[nH]c2c(=O)n2c(CCc3nnc(Cc4ccccc4)o3)nnc12. The van der Waals surface area contributed by atoms with Crippen LogP contribution in [0.4, 0.5) is 0 Å². The van der Waals surface area contributed by atoms with Crippen LogP contribution in [0.3, 0.4) is 0 Å². The number of nitrogens with zero attached hydrogens (tertiary/aromatic N) is 7. The van der Waals surface area contributed by atoms with Crippen molar-refractivity contribution in [3.8, 4) is 0 Å². The molecule has 1 N–H and O–H groups in total. The van der Waals surface area contributed by atoms with E-state index >= 15 is 0 Å². The van der Waals surface area contributed by atoms with Gasteiger partial charge in [-0.05, 0) is 27.9 Å². The van der Waals surface area contributed by atoms with E-state index in [-0.39, 0.29) is 5.56 Å². The summed E-state index contributed by atoms with van der Waals surface area (Å²) >= 11 is 3.35. The Morgan fingerprint density at radius 2 is 1.85 bits per heavy atom. The monoisotopic (exact) mass is 510 g/mol. The Morgan fingerprint density at radius 1 is 1.03 bits per heavy atom. The van der Waals surface area contributed by atoms with E-state index in [1.165, 1.54) is 0 Å². The molecule has 0 unspecified atom stereocenters. The largest absolute Gasteiger partial charge is 0.425 e. The minimum atomic E-state index is -0.222. The molecule has 10 nitrogen and oxygen atoms in total. The van der Waals surface area contributed by atoms with Gasteiger partial charge in [0.25, 0.3) is 5.56 Å². The molecule has 0 bridgehead atoms. The Balaban J connectivity index is 1.42. The van der Waals surface area contributed by atoms with Crippen LogP contribution in [0.5, 0.6) is 0 Å². The van der Waals surface area contributed by atoms with Gasteiger partial charge in [0.15, 0.2) is 15.9 Å². The van der Waals surface area contributed by atoms with Crippen LogP contribution in [0.25, 0.3) is 16.9 Å². The lowest BCUT2D eigenvalue weighted by molar-refractivity contribution is 0.455. The Kier molecular flexibility index (Phi) is 6.03. The minimum absolute atomic E-state index is 0.222. The Morgan fingerprint density at radius 3 is 2.67 bits per heavy atom. The summed E-state index contributed by atoms with van der Waals surface area (Å²) in [4.78, 5) is 20.7. The molecule has 4 heterocycles. The number of imidazole rings is 1. The molecule has 4 aromatic heterocycles. The first-order chi connectivity index (χ1) is 16.1. The van der Waals surface area contributed by atoms with E-state index in [0.717, 1.165) is 24.8 Å². The molecule has 170 valence electrons. The molecule has 0 spiro atoms. The molecule has 0 atom stereocenters. The second-order valence-electron chi connectivity index (χ2n) is 7.89. The summed E-state index contributed by atoms with van der Waals surface area (Å²) in [5, 5.41) is 16.9. The second kappa shape index (κ2) is 9.26.